The van der Waals surface area contributed by atoms with Gasteiger partial charge in [-0.25, -0.2) is 0 Å². The Morgan fingerprint density at radius 2 is 1.91 bits per heavy atom. The molecule has 0 saturated carbocycles. The first-order chi connectivity index (χ1) is 10.5. The number of aromatic nitrogens is 4. The molecule has 7 heteroatoms. The molecule has 112 valence electrons. The summed E-state index contributed by atoms with van der Waals surface area (Å²) in [5, 5.41) is 13.2. The Labute approximate surface area is 126 Å². The van der Waals surface area contributed by atoms with Gasteiger partial charge in [0.05, 0.1) is 5.69 Å². The van der Waals surface area contributed by atoms with Gasteiger partial charge in [0.15, 0.2) is 5.82 Å². The number of carbonyl (C=O) groups is 1. The van der Waals surface area contributed by atoms with E-state index in [4.69, 9.17) is 4.52 Å². The number of anilines is 1. The Balaban J connectivity index is 1.80. The highest BCUT2D eigenvalue weighted by Crippen LogP contribution is 2.18. The van der Waals surface area contributed by atoms with Crippen molar-refractivity contribution in [3.8, 4) is 11.4 Å². The number of nitrogens with zero attached hydrogens (tertiary/aromatic N) is 3. The molecule has 0 aliphatic heterocycles. The number of hydrogen-bond donors (Lipinski definition) is 2. The topological polar surface area (TPSA) is 96.7 Å². The van der Waals surface area contributed by atoms with E-state index in [9.17, 15) is 4.79 Å². The highest BCUT2D eigenvalue weighted by atomic mass is 16.5. The largest absolute Gasteiger partial charge is 0.361 e. The van der Waals surface area contributed by atoms with Crippen LogP contribution >= 0.6 is 0 Å². The van der Waals surface area contributed by atoms with Crippen LogP contribution in [0.1, 0.15) is 27.4 Å². The summed E-state index contributed by atoms with van der Waals surface area (Å²) in [4.78, 5) is 16.5. The van der Waals surface area contributed by atoms with E-state index >= 15 is 0 Å². The van der Waals surface area contributed by atoms with E-state index in [1.807, 2.05) is 31.2 Å². The Bertz CT molecular complexity index is 797. The third-order valence-corrected chi connectivity index (χ3v) is 3.30. The summed E-state index contributed by atoms with van der Waals surface area (Å²) in [6.07, 6.45) is 0. The SMILES string of the molecule is Cc1ccc(-c2nc(NC(=O)c3c(C)noc3C)n[nH]2)cc1. The van der Waals surface area contributed by atoms with Crippen molar-refractivity contribution in [2.75, 3.05) is 5.32 Å². The molecule has 3 aromatic rings. The van der Waals surface area contributed by atoms with Crippen molar-refractivity contribution in [2.45, 2.75) is 20.8 Å². The molecule has 0 aliphatic rings. The molecule has 1 aromatic carbocycles. The van der Waals surface area contributed by atoms with Crippen molar-refractivity contribution in [2.24, 2.45) is 0 Å². The van der Waals surface area contributed by atoms with Crippen LogP contribution in [0.5, 0.6) is 0 Å². The molecule has 0 radical (unpaired) electrons. The third-order valence-electron chi connectivity index (χ3n) is 3.30. The molecule has 0 aliphatic carbocycles. The number of H-pyrrole nitrogens is 1. The number of aromatic amines is 1. The molecule has 0 saturated heterocycles. The average molecular weight is 297 g/mol. The van der Waals surface area contributed by atoms with Gasteiger partial charge in [-0.3, -0.25) is 15.2 Å². The summed E-state index contributed by atoms with van der Waals surface area (Å²) in [5.41, 5.74) is 3.00. The predicted molar refractivity (Wildman–Crippen MR) is 80.5 cm³/mol. The van der Waals surface area contributed by atoms with Crippen molar-refractivity contribution in [1.82, 2.24) is 20.3 Å². The zero-order chi connectivity index (χ0) is 15.7. The molecule has 0 fully saturated rings. The number of nitrogens with one attached hydrogen (secondary N) is 2. The van der Waals surface area contributed by atoms with E-state index in [0.29, 0.717) is 22.8 Å². The molecule has 0 bridgehead atoms. The lowest BCUT2D eigenvalue weighted by Gasteiger charge is -1.99. The molecule has 0 unspecified atom stereocenters. The number of aryl methyl sites for hydroxylation is 3. The molecule has 2 heterocycles. The summed E-state index contributed by atoms with van der Waals surface area (Å²) < 4.78 is 4.98. The van der Waals surface area contributed by atoms with Crippen molar-refractivity contribution in [1.29, 1.82) is 0 Å². The van der Waals surface area contributed by atoms with E-state index in [1.165, 1.54) is 0 Å². The van der Waals surface area contributed by atoms with Gasteiger partial charge < -0.3 is 4.52 Å². The summed E-state index contributed by atoms with van der Waals surface area (Å²) in [5.74, 6) is 0.921. The van der Waals surface area contributed by atoms with E-state index in [2.05, 4.69) is 25.7 Å². The third kappa shape index (κ3) is 2.60. The van der Waals surface area contributed by atoms with Crippen LogP contribution in [0, 0.1) is 20.8 Å². The first kappa shape index (κ1) is 14.0. The number of amides is 1. The number of carbonyl (C=O) groups excluding carboxylic acids is 1. The van der Waals surface area contributed by atoms with Crippen molar-refractivity contribution in [3.05, 3.63) is 46.8 Å². The highest BCUT2D eigenvalue weighted by Gasteiger charge is 2.19. The summed E-state index contributed by atoms with van der Waals surface area (Å²) >= 11 is 0. The minimum atomic E-state index is -0.342. The standard InChI is InChI=1S/C15H15N5O2/c1-8-4-6-11(7-5-8)13-16-15(19-18-13)17-14(21)12-9(2)20-22-10(12)3/h4-7H,1-3H3,(H2,16,17,18,19,21). The van der Waals surface area contributed by atoms with Crippen molar-refractivity contribution >= 4 is 11.9 Å². The first-order valence-corrected chi connectivity index (χ1v) is 6.78. The Morgan fingerprint density at radius 3 is 2.55 bits per heavy atom. The molecule has 0 atom stereocenters. The molecule has 2 N–H and O–H groups in total. The van der Waals surface area contributed by atoms with Gasteiger partial charge >= 0.3 is 0 Å². The van der Waals surface area contributed by atoms with Gasteiger partial charge in [-0.05, 0) is 20.8 Å². The molecule has 1 amide bonds. The Hall–Kier alpha value is -2.96. The second-order valence-corrected chi connectivity index (χ2v) is 5.03. The van der Waals surface area contributed by atoms with Gasteiger partial charge in [0.2, 0.25) is 5.95 Å². The highest BCUT2D eigenvalue weighted by molar-refractivity contribution is 6.04. The Kier molecular flexibility index (Phi) is 3.46. The summed E-state index contributed by atoms with van der Waals surface area (Å²) in [6, 6.07) is 7.85. The fraction of sp³-hybridized carbons (Fsp3) is 0.200. The van der Waals surface area contributed by atoms with Gasteiger partial charge in [-0.1, -0.05) is 35.0 Å². The average Bonchev–Trinajstić information content (AvgIpc) is 3.07. The normalized spacial score (nSPS) is 10.7. The molecule has 0 spiro atoms. The summed E-state index contributed by atoms with van der Waals surface area (Å²) in [7, 11) is 0. The fourth-order valence-corrected chi connectivity index (χ4v) is 2.13. The lowest BCUT2D eigenvalue weighted by Crippen LogP contribution is -2.14. The van der Waals surface area contributed by atoms with E-state index in [1.54, 1.807) is 13.8 Å². The van der Waals surface area contributed by atoms with E-state index in [-0.39, 0.29) is 11.9 Å². The number of rotatable bonds is 3. The predicted octanol–water partition coefficient (Wildman–Crippen LogP) is 2.64. The second-order valence-electron chi connectivity index (χ2n) is 5.03. The Morgan fingerprint density at radius 1 is 1.18 bits per heavy atom. The van der Waals surface area contributed by atoms with Crippen molar-refractivity contribution < 1.29 is 9.32 Å². The van der Waals surface area contributed by atoms with E-state index in [0.717, 1.165) is 11.1 Å². The van der Waals surface area contributed by atoms with Crippen LogP contribution in [0.3, 0.4) is 0 Å². The zero-order valence-corrected chi connectivity index (χ0v) is 12.5. The van der Waals surface area contributed by atoms with Crippen LogP contribution in [-0.2, 0) is 0 Å². The molecule has 2 aromatic heterocycles. The van der Waals surface area contributed by atoms with Gasteiger partial charge in [-0.2, -0.15) is 4.98 Å². The fourth-order valence-electron chi connectivity index (χ4n) is 2.13. The number of hydrogen-bond acceptors (Lipinski definition) is 5. The van der Waals surface area contributed by atoms with Gasteiger partial charge in [0, 0.05) is 5.56 Å². The lowest BCUT2D eigenvalue weighted by atomic mass is 10.1. The van der Waals surface area contributed by atoms with Crippen molar-refractivity contribution in [3.63, 3.8) is 0 Å². The number of benzene rings is 1. The van der Waals surface area contributed by atoms with Crippen LogP contribution in [0.4, 0.5) is 5.95 Å². The minimum Gasteiger partial charge on any atom is -0.361 e. The zero-order valence-electron chi connectivity index (χ0n) is 12.5. The monoisotopic (exact) mass is 297 g/mol. The maximum atomic E-state index is 12.2. The molecule has 22 heavy (non-hydrogen) atoms. The quantitative estimate of drug-likeness (QED) is 0.774. The van der Waals surface area contributed by atoms with Crippen LogP contribution < -0.4 is 5.32 Å². The van der Waals surface area contributed by atoms with Crippen LogP contribution in [0.2, 0.25) is 0 Å². The van der Waals surface area contributed by atoms with Crippen LogP contribution in [-0.4, -0.2) is 26.2 Å². The lowest BCUT2D eigenvalue weighted by molar-refractivity contribution is 0.102. The van der Waals surface area contributed by atoms with Gasteiger partial charge in [0.25, 0.3) is 5.91 Å². The van der Waals surface area contributed by atoms with Gasteiger partial charge in [0.1, 0.15) is 11.3 Å². The smallest absolute Gasteiger partial charge is 0.263 e. The van der Waals surface area contributed by atoms with Crippen LogP contribution in [0.25, 0.3) is 11.4 Å². The molecule has 3 rings (SSSR count). The minimum absolute atomic E-state index is 0.209. The van der Waals surface area contributed by atoms with E-state index < -0.39 is 0 Å². The maximum absolute atomic E-state index is 12.2. The van der Waals surface area contributed by atoms with Gasteiger partial charge in [-0.15, -0.1) is 5.10 Å². The molecule has 7 nitrogen and oxygen atoms in total. The molecular formula is C15H15N5O2. The second kappa shape index (κ2) is 5.44. The first-order valence-electron chi connectivity index (χ1n) is 6.78. The molecular weight excluding hydrogens is 282 g/mol. The summed E-state index contributed by atoms with van der Waals surface area (Å²) in [6.45, 7) is 5.41. The van der Waals surface area contributed by atoms with Crippen LogP contribution in [0.15, 0.2) is 28.8 Å². The maximum Gasteiger partial charge on any atom is 0.263 e.